The van der Waals surface area contributed by atoms with E-state index in [1.807, 2.05) is 6.92 Å². The monoisotopic (exact) mass is 247 g/mol. The fraction of sp³-hybridized carbons (Fsp3) is 0.600. The molecule has 0 radical (unpaired) electrons. The Morgan fingerprint density at radius 2 is 1.94 bits per heavy atom. The van der Waals surface area contributed by atoms with Crippen LogP contribution < -0.4 is 10.6 Å². The van der Waals surface area contributed by atoms with Gasteiger partial charge in [-0.1, -0.05) is 12.1 Å². The molecule has 1 aromatic rings. The van der Waals surface area contributed by atoms with Gasteiger partial charge in [0.15, 0.2) is 0 Å². The maximum Gasteiger partial charge on any atom is 0.0366 e. The van der Waals surface area contributed by atoms with Crippen LogP contribution in [-0.4, -0.2) is 38.1 Å². The van der Waals surface area contributed by atoms with Crippen LogP contribution in [0.1, 0.15) is 31.4 Å². The average Bonchev–Trinajstić information content (AvgIpc) is 2.39. The zero-order valence-corrected chi connectivity index (χ0v) is 11.8. The molecule has 1 aliphatic rings. The fourth-order valence-corrected chi connectivity index (χ4v) is 2.60. The highest BCUT2D eigenvalue weighted by Crippen LogP contribution is 2.23. The maximum atomic E-state index is 5.88. The Morgan fingerprint density at radius 1 is 1.28 bits per heavy atom. The number of likely N-dealkylation sites (N-methyl/N-ethyl adjacent to an activating group) is 1. The van der Waals surface area contributed by atoms with Crippen LogP contribution in [0.5, 0.6) is 0 Å². The zero-order valence-electron chi connectivity index (χ0n) is 11.8. The van der Waals surface area contributed by atoms with Crippen molar-refractivity contribution in [2.45, 2.75) is 31.8 Å². The molecule has 1 heterocycles. The molecule has 3 heteroatoms. The number of benzene rings is 1. The van der Waals surface area contributed by atoms with Crippen LogP contribution in [0.2, 0.25) is 0 Å². The van der Waals surface area contributed by atoms with E-state index in [2.05, 4.69) is 48.2 Å². The third-order valence-electron chi connectivity index (χ3n) is 3.91. The Labute approximate surface area is 111 Å². The van der Waals surface area contributed by atoms with Crippen LogP contribution in [0, 0.1) is 0 Å². The van der Waals surface area contributed by atoms with Crippen molar-refractivity contribution in [2.24, 2.45) is 5.73 Å². The van der Waals surface area contributed by atoms with Gasteiger partial charge in [-0.3, -0.25) is 0 Å². The van der Waals surface area contributed by atoms with Crippen molar-refractivity contribution in [1.82, 2.24) is 4.90 Å². The Morgan fingerprint density at radius 3 is 2.50 bits per heavy atom. The second kappa shape index (κ2) is 5.72. The number of piperidine rings is 1. The lowest BCUT2D eigenvalue weighted by atomic mass is 10.0. The molecule has 1 aromatic carbocycles. The van der Waals surface area contributed by atoms with E-state index < -0.39 is 0 Å². The third kappa shape index (κ3) is 3.03. The molecule has 0 spiro atoms. The van der Waals surface area contributed by atoms with E-state index in [4.69, 9.17) is 5.73 Å². The summed E-state index contributed by atoms with van der Waals surface area (Å²) in [7, 11) is 4.35. The first-order valence-corrected chi connectivity index (χ1v) is 6.85. The predicted octanol–water partition coefficient (Wildman–Crippen LogP) is 2.24. The Bertz CT molecular complexity index is 370. The first-order chi connectivity index (χ1) is 8.58. The highest BCUT2D eigenvalue weighted by molar-refractivity contribution is 5.48. The van der Waals surface area contributed by atoms with Gasteiger partial charge in [0, 0.05) is 30.9 Å². The summed E-state index contributed by atoms with van der Waals surface area (Å²) in [4.78, 5) is 4.82. The third-order valence-corrected chi connectivity index (χ3v) is 3.91. The Hall–Kier alpha value is -1.06. The van der Waals surface area contributed by atoms with E-state index in [0.717, 1.165) is 6.54 Å². The van der Waals surface area contributed by atoms with Gasteiger partial charge >= 0.3 is 0 Å². The minimum Gasteiger partial charge on any atom is -0.370 e. The minimum absolute atomic E-state index is 0.120. The predicted molar refractivity (Wildman–Crippen MR) is 78.0 cm³/mol. The molecule has 0 saturated carbocycles. The molecule has 2 rings (SSSR count). The molecule has 3 nitrogen and oxygen atoms in total. The average molecular weight is 247 g/mol. The molecule has 0 amide bonds. The van der Waals surface area contributed by atoms with Gasteiger partial charge in [-0.05, 0) is 51.6 Å². The molecule has 1 fully saturated rings. The van der Waals surface area contributed by atoms with Gasteiger partial charge in [0.05, 0.1) is 0 Å². The summed E-state index contributed by atoms with van der Waals surface area (Å²) in [5.74, 6) is 0. The second-order valence-corrected chi connectivity index (χ2v) is 5.59. The van der Waals surface area contributed by atoms with Gasteiger partial charge in [0.25, 0.3) is 0 Å². The fourth-order valence-electron chi connectivity index (χ4n) is 2.60. The zero-order chi connectivity index (χ0) is 13.1. The van der Waals surface area contributed by atoms with Crippen molar-refractivity contribution < 1.29 is 0 Å². The number of rotatable bonds is 3. The van der Waals surface area contributed by atoms with Crippen LogP contribution >= 0.6 is 0 Å². The number of hydrogen-bond donors (Lipinski definition) is 1. The molecule has 0 aliphatic carbocycles. The maximum absolute atomic E-state index is 5.88. The summed E-state index contributed by atoms with van der Waals surface area (Å²) in [6.07, 6.45) is 2.58. The van der Waals surface area contributed by atoms with E-state index in [0.29, 0.717) is 6.04 Å². The lowest BCUT2D eigenvalue weighted by molar-refractivity contribution is 0.258. The molecule has 18 heavy (non-hydrogen) atoms. The molecular formula is C15H25N3. The van der Waals surface area contributed by atoms with E-state index in [1.54, 1.807) is 0 Å². The van der Waals surface area contributed by atoms with Crippen LogP contribution in [0.3, 0.4) is 0 Å². The SMILES string of the molecule is C[C@@H](N)c1ccc(N2CCCC(N(C)C)C2)cc1. The van der Waals surface area contributed by atoms with Crippen molar-refractivity contribution in [3.63, 3.8) is 0 Å². The molecule has 0 aromatic heterocycles. The molecule has 0 bridgehead atoms. The molecule has 100 valence electrons. The molecular weight excluding hydrogens is 222 g/mol. The van der Waals surface area contributed by atoms with Crippen molar-refractivity contribution in [3.8, 4) is 0 Å². The van der Waals surface area contributed by atoms with Gasteiger partial charge in [-0.25, -0.2) is 0 Å². The molecule has 1 saturated heterocycles. The summed E-state index contributed by atoms with van der Waals surface area (Å²) < 4.78 is 0. The van der Waals surface area contributed by atoms with Gasteiger partial charge in [-0.15, -0.1) is 0 Å². The Kier molecular flexibility index (Phi) is 4.25. The second-order valence-electron chi connectivity index (χ2n) is 5.59. The number of hydrogen-bond acceptors (Lipinski definition) is 3. The first kappa shape index (κ1) is 13.4. The van der Waals surface area contributed by atoms with E-state index in [9.17, 15) is 0 Å². The molecule has 2 N–H and O–H groups in total. The summed E-state index contributed by atoms with van der Waals surface area (Å²) in [5, 5.41) is 0. The van der Waals surface area contributed by atoms with Crippen LogP contribution in [0.25, 0.3) is 0 Å². The quantitative estimate of drug-likeness (QED) is 0.889. The van der Waals surface area contributed by atoms with E-state index in [-0.39, 0.29) is 6.04 Å². The highest BCUT2D eigenvalue weighted by Gasteiger charge is 2.21. The summed E-state index contributed by atoms with van der Waals surface area (Å²) in [6.45, 7) is 4.32. The van der Waals surface area contributed by atoms with Gasteiger partial charge in [-0.2, -0.15) is 0 Å². The molecule has 2 atom stereocenters. The van der Waals surface area contributed by atoms with Crippen molar-refractivity contribution in [1.29, 1.82) is 0 Å². The van der Waals surface area contributed by atoms with E-state index >= 15 is 0 Å². The highest BCUT2D eigenvalue weighted by atomic mass is 15.2. The Balaban J connectivity index is 2.06. The smallest absolute Gasteiger partial charge is 0.0366 e. The standard InChI is InChI=1S/C15H25N3/c1-12(16)13-6-8-14(9-7-13)18-10-4-5-15(11-18)17(2)3/h6-9,12,15H,4-5,10-11,16H2,1-3H3/t12-,15?/m1/s1. The van der Waals surface area contributed by atoms with Crippen LogP contribution in [0.15, 0.2) is 24.3 Å². The molecule has 1 unspecified atom stereocenters. The van der Waals surface area contributed by atoms with Crippen molar-refractivity contribution in [2.75, 3.05) is 32.1 Å². The van der Waals surface area contributed by atoms with E-state index in [1.165, 1.54) is 30.6 Å². The molecule has 1 aliphatic heterocycles. The number of nitrogens with two attached hydrogens (primary N) is 1. The van der Waals surface area contributed by atoms with Gasteiger partial charge in [0.2, 0.25) is 0 Å². The normalized spacial score (nSPS) is 22.3. The van der Waals surface area contributed by atoms with Crippen molar-refractivity contribution in [3.05, 3.63) is 29.8 Å². The lowest BCUT2D eigenvalue weighted by Gasteiger charge is -2.37. The number of nitrogens with zero attached hydrogens (tertiary/aromatic N) is 2. The van der Waals surface area contributed by atoms with Crippen molar-refractivity contribution >= 4 is 5.69 Å². The first-order valence-electron chi connectivity index (χ1n) is 6.85. The van der Waals surface area contributed by atoms with Crippen LogP contribution in [0.4, 0.5) is 5.69 Å². The number of anilines is 1. The summed E-state index contributed by atoms with van der Waals surface area (Å²) in [5.41, 5.74) is 8.42. The van der Waals surface area contributed by atoms with Gasteiger partial charge < -0.3 is 15.5 Å². The lowest BCUT2D eigenvalue weighted by Crippen LogP contribution is -2.45. The van der Waals surface area contributed by atoms with Gasteiger partial charge in [0.1, 0.15) is 0 Å². The summed E-state index contributed by atoms with van der Waals surface area (Å²) in [6, 6.07) is 9.51. The van der Waals surface area contributed by atoms with Crippen LogP contribution in [-0.2, 0) is 0 Å². The largest absolute Gasteiger partial charge is 0.370 e. The minimum atomic E-state index is 0.120. The topological polar surface area (TPSA) is 32.5 Å². The summed E-state index contributed by atoms with van der Waals surface area (Å²) >= 11 is 0.